The van der Waals surface area contributed by atoms with Gasteiger partial charge in [-0.15, -0.1) is 0 Å². The molecule has 0 amide bonds. The Labute approximate surface area is 98.7 Å². The minimum atomic E-state index is -0.402. The minimum Gasteiger partial charge on any atom is -0.326 e. The summed E-state index contributed by atoms with van der Waals surface area (Å²) in [5.74, 6) is -0.402. The predicted molar refractivity (Wildman–Crippen MR) is 64.7 cm³/mol. The Morgan fingerprint density at radius 1 is 1.06 bits per heavy atom. The molecular weight excluding hydrogens is 225 g/mol. The van der Waals surface area contributed by atoms with Crippen molar-refractivity contribution in [2.24, 2.45) is 5.73 Å². The molecule has 82 valence electrons. The molecular formula is C13H11ClFN. The summed E-state index contributed by atoms with van der Waals surface area (Å²) in [6.45, 7) is 0.489. The van der Waals surface area contributed by atoms with Crippen molar-refractivity contribution >= 4 is 11.6 Å². The zero-order valence-corrected chi connectivity index (χ0v) is 9.34. The number of hydrogen-bond acceptors (Lipinski definition) is 1. The van der Waals surface area contributed by atoms with Crippen molar-refractivity contribution in [3.8, 4) is 11.1 Å². The smallest absolute Gasteiger partial charge is 0.141 e. The van der Waals surface area contributed by atoms with Crippen LogP contribution in [0.15, 0.2) is 42.5 Å². The summed E-state index contributed by atoms with van der Waals surface area (Å²) >= 11 is 5.74. The van der Waals surface area contributed by atoms with Crippen molar-refractivity contribution in [1.29, 1.82) is 0 Å². The highest BCUT2D eigenvalue weighted by atomic mass is 35.5. The van der Waals surface area contributed by atoms with E-state index in [9.17, 15) is 4.39 Å². The summed E-state index contributed by atoms with van der Waals surface area (Å²) in [5.41, 5.74) is 8.49. The van der Waals surface area contributed by atoms with E-state index in [1.54, 1.807) is 12.1 Å². The molecule has 2 rings (SSSR count). The summed E-state index contributed by atoms with van der Waals surface area (Å²) in [4.78, 5) is 0. The van der Waals surface area contributed by atoms with Gasteiger partial charge < -0.3 is 5.73 Å². The fourth-order valence-electron chi connectivity index (χ4n) is 1.55. The average Bonchev–Trinajstić information content (AvgIpc) is 2.33. The van der Waals surface area contributed by atoms with Gasteiger partial charge in [-0.3, -0.25) is 0 Å². The van der Waals surface area contributed by atoms with Crippen LogP contribution in [-0.4, -0.2) is 0 Å². The molecule has 0 atom stereocenters. The molecule has 16 heavy (non-hydrogen) atoms. The van der Waals surface area contributed by atoms with E-state index in [2.05, 4.69) is 0 Å². The lowest BCUT2D eigenvalue weighted by molar-refractivity contribution is 0.628. The Hall–Kier alpha value is -1.38. The molecule has 0 heterocycles. The molecule has 0 radical (unpaired) electrons. The standard InChI is InChI=1S/C13H11ClFN/c14-12-7-11(4-5-13(12)15)10-3-1-2-9(6-10)8-16/h1-7H,8,16H2. The first-order valence-electron chi connectivity index (χ1n) is 4.95. The van der Waals surface area contributed by atoms with E-state index in [1.807, 2.05) is 24.3 Å². The maximum absolute atomic E-state index is 13.0. The molecule has 0 spiro atoms. The van der Waals surface area contributed by atoms with E-state index >= 15 is 0 Å². The van der Waals surface area contributed by atoms with E-state index in [-0.39, 0.29) is 5.02 Å². The molecule has 2 aromatic carbocycles. The van der Waals surface area contributed by atoms with Crippen molar-refractivity contribution in [3.05, 3.63) is 58.9 Å². The van der Waals surface area contributed by atoms with Gasteiger partial charge in [-0.25, -0.2) is 4.39 Å². The van der Waals surface area contributed by atoms with E-state index in [0.29, 0.717) is 6.54 Å². The number of nitrogens with two attached hydrogens (primary N) is 1. The van der Waals surface area contributed by atoms with Gasteiger partial charge in [0.2, 0.25) is 0 Å². The molecule has 0 bridgehead atoms. The van der Waals surface area contributed by atoms with Crippen LogP contribution in [0.5, 0.6) is 0 Å². The van der Waals surface area contributed by atoms with Crippen molar-refractivity contribution in [2.45, 2.75) is 6.54 Å². The second-order valence-electron chi connectivity index (χ2n) is 3.53. The molecule has 0 fully saturated rings. The topological polar surface area (TPSA) is 26.0 Å². The van der Waals surface area contributed by atoms with E-state index in [1.165, 1.54) is 6.07 Å². The third-order valence-corrected chi connectivity index (χ3v) is 2.71. The van der Waals surface area contributed by atoms with Gasteiger partial charge >= 0.3 is 0 Å². The van der Waals surface area contributed by atoms with Crippen molar-refractivity contribution < 1.29 is 4.39 Å². The van der Waals surface area contributed by atoms with Gasteiger partial charge in [-0.1, -0.05) is 35.9 Å². The number of halogens is 2. The molecule has 0 aliphatic rings. The lowest BCUT2D eigenvalue weighted by Crippen LogP contribution is -1.95. The van der Waals surface area contributed by atoms with Crippen molar-refractivity contribution in [1.82, 2.24) is 0 Å². The molecule has 2 aromatic rings. The molecule has 2 N–H and O–H groups in total. The van der Waals surface area contributed by atoms with Crippen LogP contribution in [0.3, 0.4) is 0 Å². The van der Waals surface area contributed by atoms with Crippen LogP contribution in [0.4, 0.5) is 4.39 Å². The van der Waals surface area contributed by atoms with E-state index in [0.717, 1.165) is 16.7 Å². The van der Waals surface area contributed by atoms with Crippen LogP contribution in [0, 0.1) is 5.82 Å². The first-order chi connectivity index (χ1) is 7.70. The summed E-state index contributed by atoms with van der Waals surface area (Å²) in [5, 5.41) is 0.135. The van der Waals surface area contributed by atoms with Crippen LogP contribution >= 0.6 is 11.6 Å². The molecule has 0 saturated carbocycles. The maximum Gasteiger partial charge on any atom is 0.141 e. The van der Waals surface area contributed by atoms with Crippen LogP contribution in [0.1, 0.15) is 5.56 Å². The van der Waals surface area contributed by atoms with Crippen molar-refractivity contribution in [2.75, 3.05) is 0 Å². The summed E-state index contributed by atoms with van der Waals surface area (Å²) in [7, 11) is 0. The first kappa shape index (κ1) is 11.1. The molecule has 0 saturated heterocycles. The fraction of sp³-hybridized carbons (Fsp3) is 0.0769. The Balaban J connectivity index is 2.46. The zero-order chi connectivity index (χ0) is 11.5. The third-order valence-electron chi connectivity index (χ3n) is 2.42. The van der Waals surface area contributed by atoms with Gasteiger partial charge in [0.1, 0.15) is 5.82 Å². The normalized spacial score (nSPS) is 10.4. The zero-order valence-electron chi connectivity index (χ0n) is 8.58. The van der Waals surface area contributed by atoms with Crippen molar-refractivity contribution in [3.63, 3.8) is 0 Å². The van der Waals surface area contributed by atoms with Gasteiger partial charge in [0.25, 0.3) is 0 Å². The van der Waals surface area contributed by atoms with Crippen LogP contribution in [-0.2, 0) is 6.54 Å². The largest absolute Gasteiger partial charge is 0.326 e. The van der Waals surface area contributed by atoms with E-state index < -0.39 is 5.82 Å². The first-order valence-corrected chi connectivity index (χ1v) is 5.33. The Morgan fingerprint density at radius 2 is 1.81 bits per heavy atom. The van der Waals surface area contributed by atoms with Gasteiger partial charge in [0.15, 0.2) is 0 Å². The summed E-state index contributed by atoms with van der Waals surface area (Å²) < 4.78 is 13.0. The quantitative estimate of drug-likeness (QED) is 0.846. The summed E-state index contributed by atoms with van der Waals surface area (Å²) in [6, 6.07) is 12.5. The molecule has 0 unspecified atom stereocenters. The minimum absolute atomic E-state index is 0.135. The second kappa shape index (κ2) is 4.64. The molecule has 0 aliphatic carbocycles. The van der Waals surface area contributed by atoms with Gasteiger partial charge in [-0.05, 0) is 34.9 Å². The van der Waals surface area contributed by atoms with Crippen LogP contribution in [0.25, 0.3) is 11.1 Å². The Bertz CT molecular complexity index is 511. The van der Waals surface area contributed by atoms with E-state index in [4.69, 9.17) is 17.3 Å². The highest BCUT2D eigenvalue weighted by Gasteiger charge is 2.03. The monoisotopic (exact) mass is 235 g/mol. The van der Waals surface area contributed by atoms with Crippen LogP contribution in [0.2, 0.25) is 5.02 Å². The maximum atomic E-state index is 13.0. The van der Waals surface area contributed by atoms with Crippen LogP contribution < -0.4 is 5.73 Å². The van der Waals surface area contributed by atoms with Gasteiger partial charge in [0, 0.05) is 6.54 Å². The number of rotatable bonds is 2. The average molecular weight is 236 g/mol. The fourth-order valence-corrected chi connectivity index (χ4v) is 1.73. The molecule has 0 aliphatic heterocycles. The molecule has 3 heteroatoms. The number of hydrogen-bond donors (Lipinski definition) is 1. The highest BCUT2D eigenvalue weighted by Crippen LogP contribution is 2.25. The SMILES string of the molecule is NCc1cccc(-c2ccc(F)c(Cl)c2)c1. The third kappa shape index (κ3) is 2.23. The van der Waals surface area contributed by atoms with Gasteiger partial charge in [0.05, 0.1) is 5.02 Å². The predicted octanol–water partition coefficient (Wildman–Crippen LogP) is 3.60. The summed E-state index contributed by atoms with van der Waals surface area (Å²) in [6.07, 6.45) is 0. The second-order valence-corrected chi connectivity index (χ2v) is 3.94. The molecule has 1 nitrogen and oxygen atoms in total. The number of benzene rings is 2. The Kier molecular flexibility index (Phi) is 3.22. The lowest BCUT2D eigenvalue weighted by atomic mass is 10.0. The Morgan fingerprint density at radius 3 is 2.50 bits per heavy atom. The highest BCUT2D eigenvalue weighted by molar-refractivity contribution is 6.31. The molecule has 0 aromatic heterocycles. The lowest BCUT2D eigenvalue weighted by Gasteiger charge is -2.05. The van der Waals surface area contributed by atoms with Gasteiger partial charge in [-0.2, -0.15) is 0 Å².